The van der Waals surface area contributed by atoms with Crippen LogP contribution in [-0.4, -0.2) is 30.9 Å². The van der Waals surface area contributed by atoms with Crippen molar-refractivity contribution >= 4 is 25.8 Å². The lowest BCUT2D eigenvalue weighted by molar-refractivity contribution is 0.0907. The van der Waals surface area contributed by atoms with E-state index in [-0.39, 0.29) is 16.9 Å². The smallest absolute Gasteiger partial charge is 0.175 e. The minimum absolute atomic E-state index is 0.0696. The summed E-state index contributed by atoms with van der Waals surface area (Å²) in [5.41, 5.74) is 0.452. The fourth-order valence-corrected chi connectivity index (χ4v) is 3.94. The largest absolute Gasteiger partial charge is 0.455 e. The molecule has 0 radical (unpaired) electrons. The summed E-state index contributed by atoms with van der Waals surface area (Å²) in [4.78, 5) is 3.90. The summed E-state index contributed by atoms with van der Waals surface area (Å²) >= 11 is 3.27. The summed E-state index contributed by atoms with van der Waals surface area (Å²) in [6.07, 6.45) is 0.969. The predicted octanol–water partition coefficient (Wildman–Crippen LogP) is 2.97. The van der Waals surface area contributed by atoms with Crippen LogP contribution in [0.1, 0.15) is 17.2 Å². The Morgan fingerprint density at radius 3 is 2.78 bits per heavy atom. The number of aliphatic hydroxyl groups is 1. The van der Waals surface area contributed by atoms with E-state index in [1.54, 1.807) is 12.3 Å². The van der Waals surface area contributed by atoms with Crippen LogP contribution in [0, 0.1) is 0 Å². The van der Waals surface area contributed by atoms with Gasteiger partial charge in [-0.2, -0.15) is 0 Å². The Morgan fingerprint density at radius 1 is 1.39 bits per heavy atom. The molecule has 0 bridgehead atoms. The van der Waals surface area contributed by atoms with E-state index in [9.17, 15) is 17.9 Å². The highest BCUT2D eigenvalue weighted by Crippen LogP contribution is 2.43. The number of benzene rings is 1. The molecule has 0 unspecified atom stereocenters. The van der Waals surface area contributed by atoms with Gasteiger partial charge in [0.25, 0.3) is 0 Å². The Labute approximate surface area is 141 Å². The highest BCUT2D eigenvalue weighted by Gasteiger charge is 2.37. The average molecular weight is 402 g/mol. The number of halogens is 2. The van der Waals surface area contributed by atoms with Gasteiger partial charge in [0.05, 0.1) is 11.1 Å². The molecule has 8 heteroatoms. The molecule has 0 aliphatic heterocycles. The van der Waals surface area contributed by atoms with Crippen LogP contribution in [-0.2, 0) is 16.3 Å². The first-order valence-electron chi connectivity index (χ1n) is 6.73. The molecule has 1 aromatic heterocycles. The Hall–Kier alpha value is -1.51. The molecule has 23 heavy (non-hydrogen) atoms. The van der Waals surface area contributed by atoms with E-state index in [4.69, 9.17) is 4.74 Å². The van der Waals surface area contributed by atoms with Crippen molar-refractivity contribution < 1.29 is 22.7 Å². The number of ether oxygens (including phenoxy) is 1. The fourth-order valence-electron chi connectivity index (χ4n) is 2.64. The monoisotopic (exact) mass is 401 g/mol. The number of sulfone groups is 1. The van der Waals surface area contributed by atoms with Gasteiger partial charge in [-0.3, -0.25) is 4.98 Å². The number of aromatic nitrogens is 1. The first-order valence-corrected chi connectivity index (χ1v) is 9.42. The molecule has 0 saturated carbocycles. The number of nitrogens with zero attached hydrogens (tertiary/aromatic N) is 1. The first-order chi connectivity index (χ1) is 10.8. The van der Waals surface area contributed by atoms with Gasteiger partial charge in [0.15, 0.2) is 9.84 Å². The Kier molecular flexibility index (Phi) is 4.16. The van der Waals surface area contributed by atoms with E-state index in [0.29, 0.717) is 21.5 Å². The standard InChI is InChI=1S/C15H13BrFNO4S/c1-23(20,21)13-3-2-12(10-5-11(17)15(19)14(10)13)22-9-4-8(16)6-18-7-9/h2-4,6-7,11,15,19H,5H2,1H3/t11-,15-/m1/s1. The Bertz CT molecular complexity index is 872. The van der Waals surface area contributed by atoms with Crippen LogP contribution in [0.15, 0.2) is 40.0 Å². The third-order valence-electron chi connectivity index (χ3n) is 3.62. The van der Waals surface area contributed by atoms with Crippen LogP contribution in [0.4, 0.5) is 4.39 Å². The summed E-state index contributed by atoms with van der Waals surface area (Å²) in [6.45, 7) is 0. The highest BCUT2D eigenvalue weighted by molar-refractivity contribution is 9.10. The number of rotatable bonds is 3. The van der Waals surface area contributed by atoms with Gasteiger partial charge in [0, 0.05) is 34.5 Å². The van der Waals surface area contributed by atoms with Crippen LogP contribution in [0.2, 0.25) is 0 Å². The van der Waals surface area contributed by atoms with E-state index in [1.165, 1.54) is 18.3 Å². The van der Waals surface area contributed by atoms with Crippen molar-refractivity contribution in [3.8, 4) is 11.5 Å². The molecule has 0 saturated heterocycles. The van der Waals surface area contributed by atoms with Crippen LogP contribution < -0.4 is 4.74 Å². The maximum absolute atomic E-state index is 13.9. The molecule has 1 aliphatic rings. The summed E-state index contributed by atoms with van der Waals surface area (Å²) in [6, 6.07) is 4.49. The third-order valence-corrected chi connectivity index (χ3v) is 5.21. The number of alkyl halides is 1. The van der Waals surface area contributed by atoms with E-state index in [0.717, 1.165) is 6.26 Å². The maximum Gasteiger partial charge on any atom is 0.175 e. The lowest BCUT2D eigenvalue weighted by atomic mass is 10.1. The minimum atomic E-state index is -3.58. The Balaban J connectivity index is 2.11. The summed E-state index contributed by atoms with van der Waals surface area (Å²) < 4.78 is 44.1. The molecule has 0 amide bonds. The lowest BCUT2D eigenvalue weighted by Gasteiger charge is -2.14. The van der Waals surface area contributed by atoms with Gasteiger partial charge in [-0.15, -0.1) is 0 Å². The molecule has 122 valence electrons. The molecular weight excluding hydrogens is 389 g/mol. The summed E-state index contributed by atoms with van der Waals surface area (Å²) in [7, 11) is -3.58. The van der Waals surface area contributed by atoms with E-state index in [1.807, 2.05) is 0 Å². The summed E-state index contributed by atoms with van der Waals surface area (Å²) in [5, 5.41) is 10.0. The van der Waals surface area contributed by atoms with Crippen LogP contribution in [0.3, 0.4) is 0 Å². The number of pyridine rings is 1. The topological polar surface area (TPSA) is 76.5 Å². The number of hydrogen-bond donors (Lipinski definition) is 1. The zero-order valence-corrected chi connectivity index (χ0v) is 14.4. The number of aliphatic hydroxyl groups excluding tert-OH is 1. The quantitative estimate of drug-likeness (QED) is 0.855. The van der Waals surface area contributed by atoms with E-state index in [2.05, 4.69) is 20.9 Å². The van der Waals surface area contributed by atoms with E-state index >= 15 is 0 Å². The van der Waals surface area contributed by atoms with Crippen molar-refractivity contribution in [1.82, 2.24) is 4.98 Å². The van der Waals surface area contributed by atoms with Gasteiger partial charge < -0.3 is 9.84 Å². The normalized spacial score (nSPS) is 20.3. The Morgan fingerprint density at radius 2 is 2.13 bits per heavy atom. The molecule has 1 aromatic carbocycles. The molecule has 5 nitrogen and oxygen atoms in total. The van der Waals surface area contributed by atoms with Gasteiger partial charge in [0.2, 0.25) is 0 Å². The summed E-state index contributed by atoms with van der Waals surface area (Å²) in [5.74, 6) is 0.733. The van der Waals surface area contributed by atoms with Crippen LogP contribution >= 0.6 is 15.9 Å². The maximum atomic E-state index is 13.9. The minimum Gasteiger partial charge on any atom is -0.455 e. The molecule has 1 heterocycles. The van der Waals surface area contributed by atoms with Gasteiger partial charge in [-0.05, 0) is 34.1 Å². The first kappa shape index (κ1) is 16.4. The average Bonchev–Trinajstić information content (AvgIpc) is 2.75. The molecule has 0 fully saturated rings. The van der Waals surface area contributed by atoms with Gasteiger partial charge >= 0.3 is 0 Å². The van der Waals surface area contributed by atoms with Crippen LogP contribution in [0.25, 0.3) is 0 Å². The van der Waals surface area contributed by atoms with Crippen LogP contribution in [0.5, 0.6) is 11.5 Å². The molecule has 1 N–H and O–H groups in total. The SMILES string of the molecule is CS(=O)(=O)c1ccc(Oc2cncc(Br)c2)c2c1[C@H](O)[C@H](F)C2. The van der Waals surface area contributed by atoms with Crippen molar-refractivity contribution in [2.75, 3.05) is 6.26 Å². The van der Waals surface area contributed by atoms with Gasteiger partial charge in [-0.25, -0.2) is 12.8 Å². The van der Waals surface area contributed by atoms with Gasteiger partial charge in [-0.1, -0.05) is 0 Å². The molecular formula is C15H13BrFNO4S. The third kappa shape index (κ3) is 3.11. The van der Waals surface area contributed by atoms with Crippen molar-refractivity contribution in [1.29, 1.82) is 0 Å². The van der Waals surface area contributed by atoms with Crippen molar-refractivity contribution in [2.24, 2.45) is 0 Å². The second-order valence-corrected chi connectivity index (χ2v) is 8.23. The zero-order chi connectivity index (χ0) is 16.8. The molecule has 3 rings (SSSR count). The van der Waals surface area contributed by atoms with Crippen molar-refractivity contribution in [3.63, 3.8) is 0 Å². The highest BCUT2D eigenvalue weighted by atomic mass is 79.9. The fraction of sp³-hybridized carbons (Fsp3) is 0.267. The zero-order valence-electron chi connectivity index (χ0n) is 12.0. The second kappa shape index (κ2) is 5.85. The molecule has 2 atom stereocenters. The predicted molar refractivity (Wildman–Crippen MR) is 85.1 cm³/mol. The van der Waals surface area contributed by atoms with Gasteiger partial charge in [0.1, 0.15) is 23.8 Å². The molecule has 2 aromatic rings. The lowest BCUT2D eigenvalue weighted by Crippen LogP contribution is -2.10. The van der Waals surface area contributed by atoms with E-state index < -0.39 is 22.1 Å². The molecule has 1 aliphatic carbocycles. The van der Waals surface area contributed by atoms with Crippen molar-refractivity contribution in [2.45, 2.75) is 23.6 Å². The number of hydrogen-bond acceptors (Lipinski definition) is 5. The number of fused-ring (bicyclic) bond motifs is 1. The molecule has 0 spiro atoms. The second-order valence-electron chi connectivity index (χ2n) is 5.33. The van der Waals surface area contributed by atoms with Crippen molar-refractivity contribution in [3.05, 3.63) is 46.2 Å².